The van der Waals surface area contributed by atoms with Gasteiger partial charge in [-0.25, -0.2) is 0 Å². The van der Waals surface area contributed by atoms with E-state index in [1.165, 1.54) is 30.7 Å². The van der Waals surface area contributed by atoms with Crippen LogP contribution in [-0.2, 0) is 0 Å². The second-order valence-corrected chi connectivity index (χ2v) is 3.71. The first kappa shape index (κ1) is 7.96. The van der Waals surface area contributed by atoms with Gasteiger partial charge in [-0.1, -0.05) is 6.92 Å². The highest BCUT2D eigenvalue weighted by molar-refractivity contribution is 6.41. The van der Waals surface area contributed by atoms with Gasteiger partial charge in [0.25, 0.3) is 0 Å². The Morgan fingerprint density at radius 3 is 2.58 bits per heavy atom. The number of hydrogen-bond donors (Lipinski definition) is 0. The Kier molecular flexibility index (Phi) is 1.99. The van der Waals surface area contributed by atoms with Gasteiger partial charge in [0.1, 0.15) is 0 Å². The van der Waals surface area contributed by atoms with Crippen LogP contribution in [0.5, 0.6) is 0 Å². The molecule has 1 aliphatic carbocycles. The first-order valence-electron chi connectivity index (χ1n) is 4.92. The molecule has 2 heteroatoms. The van der Waals surface area contributed by atoms with Crippen molar-refractivity contribution in [1.82, 2.24) is 0 Å². The largest absolute Gasteiger partial charge is 0.283 e. The highest BCUT2D eigenvalue weighted by Gasteiger charge is 2.29. The average Bonchev–Trinajstić information content (AvgIpc) is 2.49. The third-order valence-corrected chi connectivity index (χ3v) is 2.88. The maximum Gasteiger partial charge on any atom is 0.0727 e. The summed E-state index contributed by atoms with van der Waals surface area (Å²) in [4.78, 5) is 9.41. The van der Waals surface area contributed by atoms with Crippen LogP contribution >= 0.6 is 0 Å². The minimum absolute atomic E-state index is 0.528. The van der Waals surface area contributed by atoms with Gasteiger partial charge in [-0.3, -0.25) is 9.98 Å². The fourth-order valence-electron chi connectivity index (χ4n) is 2.19. The van der Waals surface area contributed by atoms with E-state index < -0.39 is 0 Å². The lowest BCUT2D eigenvalue weighted by Gasteiger charge is -2.20. The van der Waals surface area contributed by atoms with Crippen LogP contribution in [0.3, 0.4) is 0 Å². The molecular weight excluding hydrogens is 148 g/mol. The van der Waals surface area contributed by atoms with E-state index in [-0.39, 0.29) is 0 Å². The van der Waals surface area contributed by atoms with Crippen molar-refractivity contribution in [3.05, 3.63) is 0 Å². The van der Waals surface area contributed by atoms with Crippen molar-refractivity contribution in [2.75, 3.05) is 0 Å². The fraction of sp³-hybridized carbons (Fsp3) is 0.800. The molecule has 2 atom stereocenters. The highest BCUT2D eigenvalue weighted by atomic mass is 15.0. The predicted molar refractivity (Wildman–Crippen MR) is 52.3 cm³/mol. The minimum Gasteiger partial charge on any atom is -0.283 e. The number of nitrogens with zero attached hydrogens (tertiary/aromatic N) is 2. The maximum atomic E-state index is 4.73. The van der Waals surface area contributed by atoms with E-state index in [1.54, 1.807) is 0 Å². The Bertz CT molecular complexity index is 240. The molecule has 0 spiro atoms. The van der Waals surface area contributed by atoms with Gasteiger partial charge in [-0.2, -0.15) is 0 Å². The summed E-state index contributed by atoms with van der Waals surface area (Å²) in [5, 5.41) is 0. The van der Waals surface area contributed by atoms with E-state index in [2.05, 4.69) is 18.8 Å². The van der Waals surface area contributed by atoms with E-state index in [1.807, 2.05) is 0 Å². The lowest BCUT2D eigenvalue weighted by molar-refractivity contribution is 0.600. The molecule has 1 saturated carbocycles. The summed E-state index contributed by atoms with van der Waals surface area (Å²) in [5.41, 5.74) is 2.42. The molecule has 0 amide bonds. The molecule has 1 aliphatic heterocycles. The van der Waals surface area contributed by atoms with Crippen molar-refractivity contribution >= 4 is 11.4 Å². The summed E-state index contributed by atoms with van der Waals surface area (Å²) < 4.78 is 0. The number of aliphatic imine (C=N–C) groups is 2. The van der Waals surface area contributed by atoms with Gasteiger partial charge in [0.15, 0.2) is 0 Å². The monoisotopic (exact) mass is 164 g/mol. The lowest BCUT2D eigenvalue weighted by atomic mass is 10.1. The lowest BCUT2D eigenvalue weighted by Crippen LogP contribution is -2.27. The predicted octanol–water partition coefficient (Wildman–Crippen LogP) is 2.23. The number of rotatable bonds is 1. The van der Waals surface area contributed by atoms with Crippen molar-refractivity contribution in [3.63, 3.8) is 0 Å². The molecule has 66 valence electrons. The molecule has 0 radical (unpaired) electrons. The first-order valence-corrected chi connectivity index (χ1v) is 4.92. The molecule has 0 N–H and O–H groups in total. The van der Waals surface area contributed by atoms with Crippen LogP contribution in [0.1, 0.15) is 39.5 Å². The van der Waals surface area contributed by atoms with Gasteiger partial charge in [-0.15, -0.1) is 0 Å². The van der Waals surface area contributed by atoms with Gasteiger partial charge in [0, 0.05) is 0 Å². The maximum absolute atomic E-state index is 4.73. The summed E-state index contributed by atoms with van der Waals surface area (Å²) in [6.45, 7) is 4.25. The molecule has 12 heavy (non-hydrogen) atoms. The molecule has 2 nitrogen and oxygen atoms in total. The zero-order valence-corrected chi connectivity index (χ0v) is 7.88. The third-order valence-electron chi connectivity index (χ3n) is 2.88. The van der Waals surface area contributed by atoms with Crippen LogP contribution in [0.2, 0.25) is 0 Å². The van der Waals surface area contributed by atoms with E-state index in [0.717, 1.165) is 6.42 Å². The molecule has 1 heterocycles. The van der Waals surface area contributed by atoms with Crippen molar-refractivity contribution in [2.45, 2.75) is 51.6 Å². The quantitative estimate of drug-likeness (QED) is 0.568. The normalized spacial score (nSPS) is 34.2. The standard InChI is InChI=1S/C10H16N2/c1-3-8-7(2)11-9-5-4-6-10(9)12-8/h9-10H,3-6H2,1-2H3. The van der Waals surface area contributed by atoms with Crippen molar-refractivity contribution in [1.29, 1.82) is 0 Å². The first-order chi connectivity index (χ1) is 5.81. The summed E-state index contributed by atoms with van der Waals surface area (Å²) in [7, 11) is 0. The van der Waals surface area contributed by atoms with E-state index in [9.17, 15) is 0 Å². The van der Waals surface area contributed by atoms with Crippen molar-refractivity contribution in [2.24, 2.45) is 9.98 Å². The van der Waals surface area contributed by atoms with Crippen LogP contribution in [0.4, 0.5) is 0 Å². The summed E-state index contributed by atoms with van der Waals surface area (Å²) >= 11 is 0. The Labute approximate surface area is 73.8 Å². The average molecular weight is 164 g/mol. The zero-order chi connectivity index (χ0) is 8.55. The molecule has 2 aliphatic rings. The van der Waals surface area contributed by atoms with E-state index in [4.69, 9.17) is 4.99 Å². The van der Waals surface area contributed by atoms with Crippen LogP contribution in [0.25, 0.3) is 0 Å². The van der Waals surface area contributed by atoms with Gasteiger partial charge in [0.2, 0.25) is 0 Å². The van der Waals surface area contributed by atoms with Gasteiger partial charge < -0.3 is 0 Å². The molecule has 0 aromatic carbocycles. The second kappa shape index (κ2) is 3.00. The molecule has 2 rings (SSSR count). The second-order valence-electron chi connectivity index (χ2n) is 3.71. The third kappa shape index (κ3) is 1.19. The molecular formula is C10H16N2. The molecule has 0 saturated heterocycles. The SMILES string of the molecule is CCC1=NC2CCCC2N=C1C. The Morgan fingerprint density at radius 1 is 1.25 bits per heavy atom. The van der Waals surface area contributed by atoms with Gasteiger partial charge in [0.05, 0.1) is 23.5 Å². The Balaban J connectivity index is 2.23. The van der Waals surface area contributed by atoms with Crippen LogP contribution in [-0.4, -0.2) is 23.5 Å². The van der Waals surface area contributed by atoms with Crippen LogP contribution in [0.15, 0.2) is 9.98 Å². The fourth-order valence-corrected chi connectivity index (χ4v) is 2.19. The molecule has 0 aromatic rings. The summed E-state index contributed by atoms with van der Waals surface area (Å²) in [5.74, 6) is 0. The van der Waals surface area contributed by atoms with Crippen LogP contribution in [0, 0.1) is 0 Å². The zero-order valence-electron chi connectivity index (χ0n) is 7.88. The molecule has 2 unspecified atom stereocenters. The number of fused-ring (bicyclic) bond motifs is 1. The molecule has 0 aromatic heterocycles. The van der Waals surface area contributed by atoms with Crippen molar-refractivity contribution < 1.29 is 0 Å². The summed E-state index contributed by atoms with van der Waals surface area (Å²) in [6, 6.07) is 1.06. The van der Waals surface area contributed by atoms with Crippen LogP contribution < -0.4 is 0 Å². The molecule has 0 bridgehead atoms. The highest BCUT2D eigenvalue weighted by Crippen LogP contribution is 2.28. The van der Waals surface area contributed by atoms with Gasteiger partial charge in [-0.05, 0) is 32.6 Å². The Hall–Kier alpha value is -0.660. The minimum atomic E-state index is 0.528. The summed E-state index contributed by atoms with van der Waals surface area (Å²) in [6.07, 6.45) is 4.86. The van der Waals surface area contributed by atoms with E-state index >= 15 is 0 Å². The smallest absolute Gasteiger partial charge is 0.0727 e. The van der Waals surface area contributed by atoms with E-state index in [0.29, 0.717) is 12.1 Å². The number of hydrogen-bond acceptors (Lipinski definition) is 2. The van der Waals surface area contributed by atoms with Gasteiger partial charge >= 0.3 is 0 Å². The van der Waals surface area contributed by atoms with Crippen molar-refractivity contribution in [3.8, 4) is 0 Å². The molecule has 1 fully saturated rings. The topological polar surface area (TPSA) is 24.7 Å². The Morgan fingerprint density at radius 2 is 1.92 bits per heavy atom.